The minimum Gasteiger partial charge on any atom is -0.300 e. The topological polar surface area (TPSA) is 51.2 Å². The fourth-order valence-corrected chi connectivity index (χ4v) is 4.62. The molecule has 0 aliphatic heterocycles. The van der Waals surface area contributed by atoms with Crippen molar-refractivity contribution in [3.05, 3.63) is 17.5 Å². The van der Waals surface area contributed by atoms with Crippen LogP contribution in [0.4, 0.5) is 0 Å². The second-order valence-electron chi connectivity index (χ2n) is 3.38. The van der Waals surface area contributed by atoms with Crippen LogP contribution in [0.15, 0.2) is 21.7 Å². The SMILES string of the molecule is O=C1CCC(S(=O)(=O)c2cccs2)C1. The summed E-state index contributed by atoms with van der Waals surface area (Å²) in [5, 5.41) is 1.26. The summed E-state index contributed by atoms with van der Waals surface area (Å²) in [6.07, 6.45) is 1.09. The molecule has 1 atom stereocenters. The summed E-state index contributed by atoms with van der Waals surface area (Å²) >= 11 is 1.22. The maximum Gasteiger partial charge on any atom is 0.191 e. The smallest absolute Gasteiger partial charge is 0.191 e. The first-order chi connectivity index (χ1) is 6.60. The number of hydrogen-bond acceptors (Lipinski definition) is 4. The first-order valence-electron chi connectivity index (χ1n) is 4.40. The number of ketones is 1. The molecule has 1 aliphatic carbocycles. The van der Waals surface area contributed by atoms with Crippen molar-refractivity contribution in [3.63, 3.8) is 0 Å². The third-order valence-electron chi connectivity index (χ3n) is 2.41. The van der Waals surface area contributed by atoms with Crippen molar-refractivity contribution in [1.29, 1.82) is 0 Å². The Morgan fingerprint density at radius 3 is 2.71 bits per heavy atom. The van der Waals surface area contributed by atoms with Gasteiger partial charge in [-0.3, -0.25) is 4.79 Å². The molecule has 1 heterocycles. The highest BCUT2D eigenvalue weighted by molar-refractivity contribution is 7.94. The van der Waals surface area contributed by atoms with Crippen LogP contribution in [0.1, 0.15) is 19.3 Å². The van der Waals surface area contributed by atoms with Crippen LogP contribution in [0.3, 0.4) is 0 Å². The molecule has 5 heteroatoms. The van der Waals surface area contributed by atoms with Crippen molar-refractivity contribution in [2.24, 2.45) is 0 Å². The van der Waals surface area contributed by atoms with Gasteiger partial charge in [0, 0.05) is 12.8 Å². The first kappa shape index (κ1) is 9.86. The second-order valence-corrected chi connectivity index (χ2v) is 6.78. The Balaban J connectivity index is 2.30. The average Bonchev–Trinajstić information content (AvgIpc) is 2.72. The van der Waals surface area contributed by atoms with Gasteiger partial charge in [0.05, 0.1) is 5.25 Å². The number of hydrogen-bond donors (Lipinski definition) is 0. The van der Waals surface area contributed by atoms with E-state index < -0.39 is 15.1 Å². The normalized spacial score (nSPS) is 22.9. The molecule has 0 amide bonds. The summed E-state index contributed by atoms with van der Waals surface area (Å²) < 4.78 is 24.2. The number of rotatable bonds is 2. The van der Waals surface area contributed by atoms with Gasteiger partial charge in [0.25, 0.3) is 0 Å². The van der Waals surface area contributed by atoms with Crippen LogP contribution >= 0.6 is 11.3 Å². The molecule has 1 saturated carbocycles. The highest BCUT2D eigenvalue weighted by Gasteiger charge is 2.34. The van der Waals surface area contributed by atoms with Gasteiger partial charge in [-0.2, -0.15) is 0 Å². The molecule has 1 fully saturated rings. The Kier molecular flexibility index (Phi) is 2.45. The van der Waals surface area contributed by atoms with Gasteiger partial charge in [0.1, 0.15) is 9.99 Å². The molecular formula is C9H10O3S2. The summed E-state index contributed by atoms with van der Waals surface area (Å²) in [7, 11) is -3.23. The fourth-order valence-electron chi connectivity index (χ4n) is 1.63. The second kappa shape index (κ2) is 3.47. The van der Waals surface area contributed by atoms with Gasteiger partial charge in [-0.25, -0.2) is 8.42 Å². The number of Topliss-reactive ketones (excluding diaryl/α,β-unsaturated/α-hetero) is 1. The molecule has 76 valence electrons. The van der Waals surface area contributed by atoms with Crippen molar-refractivity contribution >= 4 is 27.0 Å². The van der Waals surface area contributed by atoms with Gasteiger partial charge >= 0.3 is 0 Å². The Morgan fingerprint density at radius 2 is 2.21 bits per heavy atom. The van der Waals surface area contributed by atoms with Gasteiger partial charge in [-0.05, 0) is 17.9 Å². The lowest BCUT2D eigenvalue weighted by Gasteiger charge is -2.07. The largest absolute Gasteiger partial charge is 0.300 e. The number of carbonyl (C=O) groups excluding carboxylic acids is 1. The van der Waals surface area contributed by atoms with Crippen LogP contribution in [-0.2, 0) is 14.6 Å². The molecule has 1 unspecified atom stereocenters. The van der Waals surface area contributed by atoms with Crippen LogP contribution in [0.2, 0.25) is 0 Å². The third kappa shape index (κ3) is 1.62. The molecule has 2 rings (SSSR count). The van der Waals surface area contributed by atoms with E-state index in [9.17, 15) is 13.2 Å². The zero-order chi connectivity index (χ0) is 10.2. The molecule has 1 aromatic rings. The van der Waals surface area contributed by atoms with Gasteiger partial charge in [0.15, 0.2) is 9.84 Å². The fraction of sp³-hybridized carbons (Fsp3) is 0.444. The van der Waals surface area contributed by atoms with E-state index in [1.54, 1.807) is 17.5 Å². The van der Waals surface area contributed by atoms with Crippen LogP contribution in [-0.4, -0.2) is 19.5 Å². The van der Waals surface area contributed by atoms with Crippen LogP contribution in [0.25, 0.3) is 0 Å². The van der Waals surface area contributed by atoms with Crippen molar-refractivity contribution < 1.29 is 13.2 Å². The van der Waals surface area contributed by atoms with Crippen LogP contribution in [0.5, 0.6) is 0 Å². The Labute approximate surface area is 86.7 Å². The summed E-state index contributed by atoms with van der Waals surface area (Å²) in [6.45, 7) is 0. The van der Waals surface area contributed by atoms with E-state index in [4.69, 9.17) is 0 Å². The van der Waals surface area contributed by atoms with Crippen molar-refractivity contribution in [2.75, 3.05) is 0 Å². The predicted molar refractivity (Wildman–Crippen MR) is 54.2 cm³/mol. The molecule has 14 heavy (non-hydrogen) atoms. The average molecular weight is 230 g/mol. The molecule has 0 N–H and O–H groups in total. The zero-order valence-electron chi connectivity index (χ0n) is 7.47. The molecule has 0 aromatic carbocycles. The summed E-state index contributed by atoms with van der Waals surface area (Å²) in [4.78, 5) is 11.0. The zero-order valence-corrected chi connectivity index (χ0v) is 9.10. The Morgan fingerprint density at radius 1 is 1.43 bits per heavy atom. The minimum absolute atomic E-state index is 0.0649. The lowest BCUT2D eigenvalue weighted by molar-refractivity contribution is -0.117. The summed E-state index contributed by atoms with van der Waals surface area (Å²) in [5.74, 6) is 0.0649. The summed E-state index contributed by atoms with van der Waals surface area (Å²) in [6, 6.07) is 3.32. The van der Waals surface area contributed by atoms with E-state index >= 15 is 0 Å². The van der Waals surface area contributed by atoms with Crippen molar-refractivity contribution in [3.8, 4) is 0 Å². The number of thiophene rings is 1. The van der Waals surface area contributed by atoms with E-state index in [1.807, 2.05) is 0 Å². The van der Waals surface area contributed by atoms with Crippen LogP contribution < -0.4 is 0 Å². The van der Waals surface area contributed by atoms with E-state index in [0.717, 1.165) is 0 Å². The maximum absolute atomic E-state index is 11.9. The van der Waals surface area contributed by atoms with Crippen LogP contribution in [0, 0.1) is 0 Å². The first-order valence-corrected chi connectivity index (χ1v) is 6.82. The van der Waals surface area contributed by atoms with Gasteiger partial charge in [0.2, 0.25) is 0 Å². The van der Waals surface area contributed by atoms with Crippen molar-refractivity contribution in [2.45, 2.75) is 28.7 Å². The highest BCUT2D eigenvalue weighted by Crippen LogP contribution is 2.29. The van der Waals surface area contributed by atoms with Crippen molar-refractivity contribution in [1.82, 2.24) is 0 Å². The quantitative estimate of drug-likeness (QED) is 0.776. The molecule has 0 radical (unpaired) electrons. The standard InChI is InChI=1S/C9H10O3S2/c10-7-3-4-8(6-7)14(11,12)9-2-1-5-13-9/h1-2,5,8H,3-4,6H2. The van der Waals surface area contributed by atoms with Gasteiger partial charge in [-0.15, -0.1) is 11.3 Å². The number of carbonyl (C=O) groups is 1. The molecular weight excluding hydrogens is 220 g/mol. The highest BCUT2D eigenvalue weighted by atomic mass is 32.2. The Bertz CT molecular complexity index is 431. The third-order valence-corrected chi connectivity index (χ3v) is 6.04. The van der Waals surface area contributed by atoms with E-state index in [2.05, 4.69) is 0 Å². The number of sulfone groups is 1. The molecule has 1 aromatic heterocycles. The lowest BCUT2D eigenvalue weighted by Crippen LogP contribution is -2.17. The van der Waals surface area contributed by atoms with E-state index in [0.29, 0.717) is 17.1 Å². The molecule has 0 spiro atoms. The molecule has 3 nitrogen and oxygen atoms in total. The molecule has 0 saturated heterocycles. The minimum atomic E-state index is -3.23. The predicted octanol–water partition coefficient (Wildman–Crippen LogP) is 1.64. The van der Waals surface area contributed by atoms with E-state index in [1.165, 1.54) is 11.3 Å². The molecule has 1 aliphatic rings. The van der Waals surface area contributed by atoms with E-state index in [-0.39, 0.29) is 12.2 Å². The maximum atomic E-state index is 11.9. The lowest BCUT2D eigenvalue weighted by atomic mass is 10.4. The Hall–Kier alpha value is -0.680. The van der Waals surface area contributed by atoms with Gasteiger partial charge in [-0.1, -0.05) is 6.07 Å². The summed E-state index contributed by atoms with van der Waals surface area (Å²) in [5.41, 5.74) is 0. The molecule has 0 bridgehead atoms. The monoisotopic (exact) mass is 230 g/mol. The van der Waals surface area contributed by atoms with Gasteiger partial charge < -0.3 is 0 Å².